The molecule has 2 rings (SSSR count). The predicted molar refractivity (Wildman–Crippen MR) is 90.7 cm³/mol. The third-order valence-corrected chi connectivity index (χ3v) is 3.31. The van der Waals surface area contributed by atoms with Crippen molar-refractivity contribution in [3.63, 3.8) is 0 Å². The summed E-state index contributed by atoms with van der Waals surface area (Å²) >= 11 is 6.21. The van der Waals surface area contributed by atoms with Crippen LogP contribution in [0, 0.1) is 0 Å². The lowest BCUT2D eigenvalue weighted by Gasteiger charge is -2.10. The number of hydrogen-bond donors (Lipinski definition) is 2. The van der Waals surface area contributed by atoms with E-state index in [-0.39, 0.29) is 0 Å². The highest BCUT2D eigenvalue weighted by Gasteiger charge is 2.11. The van der Waals surface area contributed by atoms with Crippen molar-refractivity contribution >= 4 is 29.5 Å². The van der Waals surface area contributed by atoms with Gasteiger partial charge < -0.3 is 14.8 Å². The molecular formula is C16H16ClN3O3. The zero-order valence-corrected chi connectivity index (χ0v) is 13.4. The summed E-state index contributed by atoms with van der Waals surface area (Å²) in [5.74, 6) is 0.927. The number of hydrogen-bond acceptors (Lipinski definition) is 4. The number of nitrogens with one attached hydrogen (secondary N) is 2. The van der Waals surface area contributed by atoms with Gasteiger partial charge in [-0.25, -0.2) is 10.2 Å². The minimum absolute atomic E-state index is 0.348. The number of carbonyl (C=O) groups excluding carboxylic acids is 1. The monoisotopic (exact) mass is 333 g/mol. The molecule has 0 bridgehead atoms. The Morgan fingerprint density at radius 2 is 1.87 bits per heavy atom. The Balaban J connectivity index is 2.02. The first-order valence-corrected chi connectivity index (χ1v) is 7.09. The Kier molecular flexibility index (Phi) is 5.82. The molecule has 2 N–H and O–H groups in total. The quantitative estimate of drug-likeness (QED) is 0.649. The Morgan fingerprint density at radius 1 is 1.13 bits per heavy atom. The van der Waals surface area contributed by atoms with Gasteiger partial charge in [0.1, 0.15) is 0 Å². The lowest BCUT2D eigenvalue weighted by molar-refractivity contribution is 0.252. The summed E-state index contributed by atoms with van der Waals surface area (Å²) in [5.41, 5.74) is 3.62. The van der Waals surface area contributed by atoms with E-state index in [2.05, 4.69) is 15.8 Å². The minimum Gasteiger partial charge on any atom is -0.493 e. The van der Waals surface area contributed by atoms with E-state index in [0.29, 0.717) is 27.8 Å². The average molecular weight is 334 g/mol. The van der Waals surface area contributed by atoms with E-state index < -0.39 is 6.03 Å². The van der Waals surface area contributed by atoms with Crippen molar-refractivity contribution in [2.75, 3.05) is 19.5 Å². The largest absolute Gasteiger partial charge is 0.493 e. The lowest BCUT2D eigenvalue weighted by Crippen LogP contribution is -2.24. The van der Waals surface area contributed by atoms with Gasteiger partial charge in [0.15, 0.2) is 11.5 Å². The van der Waals surface area contributed by atoms with Gasteiger partial charge in [-0.15, -0.1) is 0 Å². The van der Waals surface area contributed by atoms with E-state index in [1.807, 2.05) is 18.2 Å². The van der Waals surface area contributed by atoms with Crippen LogP contribution >= 0.6 is 11.6 Å². The molecule has 0 aliphatic rings. The highest BCUT2D eigenvalue weighted by atomic mass is 35.5. The molecule has 0 spiro atoms. The van der Waals surface area contributed by atoms with E-state index in [9.17, 15) is 4.79 Å². The molecule has 0 fully saturated rings. The first-order valence-electron chi connectivity index (χ1n) is 6.71. The van der Waals surface area contributed by atoms with Crippen molar-refractivity contribution in [2.24, 2.45) is 5.10 Å². The van der Waals surface area contributed by atoms with Crippen molar-refractivity contribution in [2.45, 2.75) is 0 Å². The smallest absolute Gasteiger partial charge is 0.339 e. The summed E-state index contributed by atoms with van der Waals surface area (Å²) in [5, 5.41) is 6.85. The number of anilines is 1. The molecule has 6 nitrogen and oxygen atoms in total. The standard InChI is InChI=1S/C16H16ClN3O3/c1-22-13-9-8-11(14(17)15(13)23-2)10-18-20-16(21)19-12-6-4-3-5-7-12/h3-10H,1-2H3,(H2,19,20,21)/b18-10+. The zero-order chi connectivity index (χ0) is 16.7. The molecule has 2 aromatic rings. The Labute approximate surface area is 139 Å². The number of halogens is 1. The molecular weight excluding hydrogens is 318 g/mol. The van der Waals surface area contributed by atoms with E-state index in [1.165, 1.54) is 20.4 Å². The fourth-order valence-electron chi connectivity index (χ4n) is 1.85. The fourth-order valence-corrected chi connectivity index (χ4v) is 2.13. The third kappa shape index (κ3) is 4.37. The number of carbonyl (C=O) groups is 1. The van der Waals surface area contributed by atoms with Crippen LogP contribution in [-0.4, -0.2) is 26.5 Å². The molecule has 2 aromatic carbocycles. The highest BCUT2D eigenvalue weighted by Crippen LogP contribution is 2.36. The second-order valence-corrected chi connectivity index (χ2v) is 4.77. The average Bonchev–Trinajstić information content (AvgIpc) is 2.57. The van der Waals surface area contributed by atoms with Crippen LogP contribution in [0.3, 0.4) is 0 Å². The fraction of sp³-hybridized carbons (Fsp3) is 0.125. The van der Waals surface area contributed by atoms with Crippen molar-refractivity contribution in [3.8, 4) is 11.5 Å². The topological polar surface area (TPSA) is 72.0 Å². The predicted octanol–water partition coefficient (Wildman–Crippen LogP) is 3.51. The van der Waals surface area contributed by atoms with Gasteiger partial charge in [-0.3, -0.25) is 0 Å². The number of ether oxygens (including phenoxy) is 2. The Morgan fingerprint density at radius 3 is 2.52 bits per heavy atom. The molecule has 0 aliphatic heterocycles. The molecule has 0 atom stereocenters. The summed E-state index contributed by atoms with van der Waals surface area (Å²) < 4.78 is 10.3. The number of methoxy groups -OCH3 is 2. The van der Waals surface area contributed by atoms with Gasteiger partial charge in [-0.05, 0) is 24.3 Å². The molecule has 0 radical (unpaired) electrons. The number of hydrazone groups is 1. The lowest BCUT2D eigenvalue weighted by atomic mass is 10.2. The van der Waals surface area contributed by atoms with Crippen LogP contribution in [0.25, 0.3) is 0 Å². The number of para-hydroxylation sites is 1. The first kappa shape index (κ1) is 16.6. The minimum atomic E-state index is -0.455. The van der Waals surface area contributed by atoms with E-state index in [0.717, 1.165) is 0 Å². The Bertz CT molecular complexity index is 705. The van der Waals surface area contributed by atoms with Crippen molar-refractivity contribution in [1.82, 2.24) is 5.43 Å². The van der Waals surface area contributed by atoms with Crippen LogP contribution in [0.5, 0.6) is 11.5 Å². The molecule has 0 saturated heterocycles. The van der Waals surface area contributed by atoms with Crippen LogP contribution in [0.1, 0.15) is 5.56 Å². The molecule has 7 heteroatoms. The van der Waals surface area contributed by atoms with Gasteiger partial charge in [-0.1, -0.05) is 29.8 Å². The molecule has 2 amide bonds. The summed E-state index contributed by atoms with van der Waals surface area (Å²) in [6.45, 7) is 0. The molecule has 0 unspecified atom stereocenters. The second kappa shape index (κ2) is 8.05. The van der Waals surface area contributed by atoms with Gasteiger partial charge in [-0.2, -0.15) is 5.10 Å². The molecule has 0 heterocycles. The maximum absolute atomic E-state index is 11.7. The molecule has 23 heavy (non-hydrogen) atoms. The van der Waals surface area contributed by atoms with Crippen molar-refractivity contribution in [1.29, 1.82) is 0 Å². The van der Waals surface area contributed by atoms with Crippen LogP contribution in [0.15, 0.2) is 47.6 Å². The second-order valence-electron chi connectivity index (χ2n) is 4.39. The summed E-state index contributed by atoms with van der Waals surface area (Å²) in [7, 11) is 3.02. The molecule has 120 valence electrons. The summed E-state index contributed by atoms with van der Waals surface area (Å²) in [4.78, 5) is 11.7. The summed E-state index contributed by atoms with van der Waals surface area (Å²) in [6.07, 6.45) is 1.43. The number of urea groups is 1. The number of nitrogens with zero attached hydrogens (tertiary/aromatic N) is 1. The zero-order valence-electron chi connectivity index (χ0n) is 12.7. The molecule has 0 saturated carbocycles. The summed E-state index contributed by atoms with van der Waals surface area (Å²) in [6, 6.07) is 12.0. The molecule has 0 aromatic heterocycles. The Hall–Kier alpha value is -2.73. The van der Waals surface area contributed by atoms with E-state index in [4.69, 9.17) is 21.1 Å². The van der Waals surface area contributed by atoms with Gasteiger partial charge in [0, 0.05) is 11.3 Å². The number of benzene rings is 2. The van der Waals surface area contributed by atoms with Crippen molar-refractivity contribution < 1.29 is 14.3 Å². The molecule has 0 aliphatic carbocycles. The van der Waals surface area contributed by atoms with Gasteiger partial charge in [0.2, 0.25) is 0 Å². The van der Waals surface area contributed by atoms with E-state index >= 15 is 0 Å². The maximum atomic E-state index is 11.7. The van der Waals surface area contributed by atoms with Crippen LogP contribution in [0.2, 0.25) is 5.02 Å². The van der Waals surface area contributed by atoms with Gasteiger partial charge in [0.05, 0.1) is 25.5 Å². The third-order valence-electron chi connectivity index (χ3n) is 2.92. The van der Waals surface area contributed by atoms with E-state index in [1.54, 1.807) is 24.3 Å². The van der Waals surface area contributed by atoms with Crippen LogP contribution in [0.4, 0.5) is 10.5 Å². The number of amides is 2. The van der Waals surface area contributed by atoms with Gasteiger partial charge >= 0.3 is 6.03 Å². The maximum Gasteiger partial charge on any atom is 0.339 e. The van der Waals surface area contributed by atoms with Crippen molar-refractivity contribution in [3.05, 3.63) is 53.1 Å². The van der Waals surface area contributed by atoms with Crippen LogP contribution in [-0.2, 0) is 0 Å². The normalized spacial score (nSPS) is 10.4. The first-order chi connectivity index (χ1) is 11.2. The van der Waals surface area contributed by atoms with Crippen LogP contribution < -0.4 is 20.2 Å². The van der Waals surface area contributed by atoms with Gasteiger partial charge in [0.25, 0.3) is 0 Å². The SMILES string of the molecule is COc1ccc(/C=N/NC(=O)Nc2ccccc2)c(Cl)c1OC. The highest BCUT2D eigenvalue weighted by molar-refractivity contribution is 6.34. The number of rotatable bonds is 5.